The van der Waals surface area contributed by atoms with Gasteiger partial charge in [0.25, 0.3) is 5.97 Å². The zero-order chi connectivity index (χ0) is 13.3. The first-order valence-corrected chi connectivity index (χ1v) is 8.42. The second kappa shape index (κ2) is 8.42. The van der Waals surface area contributed by atoms with Gasteiger partial charge in [0.2, 0.25) is 0 Å². The normalized spacial score (nSPS) is 12.4. The first-order valence-electron chi connectivity index (χ1n) is 6.72. The topological polar surface area (TPSA) is 27.7 Å². The largest absolute Gasteiger partial charge is 0.328 e. The van der Waals surface area contributed by atoms with Crippen LogP contribution in [0, 0.1) is 0 Å². The maximum atomic E-state index is 5.72. The van der Waals surface area contributed by atoms with Gasteiger partial charge >= 0.3 is 0 Å². The fourth-order valence-electron chi connectivity index (χ4n) is 1.94. The summed E-state index contributed by atoms with van der Waals surface area (Å²) >= 11 is 0. The second-order valence-corrected chi connectivity index (χ2v) is 5.78. The maximum Gasteiger partial charge on any atom is 0.280 e. The lowest BCUT2D eigenvalue weighted by Gasteiger charge is -2.32. The maximum absolute atomic E-state index is 5.72. The Hall–Kier alpha value is -0.683. The second-order valence-electron chi connectivity index (χ2n) is 3.97. The SMILES string of the molecule is CCOC(C[SiH2]c1ccccc1)(OCC)OCC. The van der Waals surface area contributed by atoms with Crippen molar-refractivity contribution in [3.05, 3.63) is 30.3 Å². The third kappa shape index (κ3) is 4.90. The van der Waals surface area contributed by atoms with E-state index in [9.17, 15) is 0 Å². The number of benzene rings is 1. The molecule has 4 heteroatoms. The van der Waals surface area contributed by atoms with Gasteiger partial charge in [0, 0.05) is 25.9 Å². The first kappa shape index (κ1) is 15.4. The smallest absolute Gasteiger partial charge is 0.280 e. The van der Waals surface area contributed by atoms with Gasteiger partial charge in [0.15, 0.2) is 0 Å². The molecule has 0 spiro atoms. The average molecular weight is 268 g/mol. The summed E-state index contributed by atoms with van der Waals surface area (Å²) in [5.41, 5.74) is 0. The van der Waals surface area contributed by atoms with E-state index < -0.39 is 15.5 Å². The molecule has 18 heavy (non-hydrogen) atoms. The lowest BCUT2D eigenvalue weighted by Crippen LogP contribution is -2.42. The van der Waals surface area contributed by atoms with Crippen molar-refractivity contribution in [2.45, 2.75) is 32.8 Å². The van der Waals surface area contributed by atoms with Gasteiger partial charge in [0.05, 0.1) is 9.52 Å². The standard InChI is InChI=1S/C14H24O3Si/c1-4-15-14(16-5-2,17-6-3)12-18-13-10-8-7-9-11-13/h7-11H,4-6,12,18H2,1-3H3. The third-order valence-corrected chi connectivity index (χ3v) is 4.57. The predicted molar refractivity (Wildman–Crippen MR) is 77.0 cm³/mol. The predicted octanol–water partition coefficient (Wildman–Crippen LogP) is 1.66. The molecule has 0 aliphatic carbocycles. The number of rotatable bonds is 9. The van der Waals surface area contributed by atoms with Crippen molar-refractivity contribution in [2.24, 2.45) is 0 Å². The van der Waals surface area contributed by atoms with E-state index in [-0.39, 0.29) is 0 Å². The van der Waals surface area contributed by atoms with Gasteiger partial charge in [-0.1, -0.05) is 35.5 Å². The van der Waals surface area contributed by atoms with E-state index in [0.717, 1.165) is 6.04 Å². The Balaban J connectivity index is 2.64. The highest BCUT2D eigenvalue weighted by atomic mass is 28.2. The van der Waals surface area contributed by atoms with Crippen molar-refractivity contribution in [3.63, 3.8) is 0 Å². The van der Waals surface area contributed by atoms with E-state index in [1.807, 2.05) is 26.8 Å². The Morgan fingerprint density at radius 1 is 0.889 bits per heavy atom. The molecule has 0 aliphatic rings. The molecule has 0 aromatic heterocycles. The molecule has 1 aromatic carbocycles. The molecule has 0 fully saturated rings. The van der Waals surface area contributed by atoms with Crippen LogP contribution in [0.1, 0.15) is 20.8 Å². The van der Waals surface area contributed by atoms with E-state index in [1.54, 1.807) is 0 Å². The summed E-state index contributed by atoms with van der Waals surface area (Å²) in [5.74, 6) is -0.833. The molecule has 0 aliphatic heterocycles. The van der Waals surface area contributed by atoms with Gasteiger partial charge in [-0.3, -0.25) is 0 Å². The molecule has 1 aromatic rings. The quantitative estimate of drug-likeness (QED) is 0.503. The molecule has 0 saturated heterocycles. The highest BCUT2D eigenvalue weighted by Crippen LogP contribution is 2.20. The van der Waals surface area contributed by atoms with Crippen LogP contribution in [0.5, 0.6) is 0 Å². The highest BCUT2D eigenvalue weighted by molar-refractivity contribution is 6.53. The minimum absolute atomic E-state index is 0.451. The summed E-state index contributed by atoms with van der Waals surface area (Å²) < 4.78 is 17.2. The monoisotopic (exact) mass is 268 g/mol. The highest BCUT2D eigenvalue weighted by Gasteiger charge is 2.32. The van der Waals surface area contributed by atoms with Crippen molar-refractivity contribution in [1.82, 2.24) is 0 Å². The van der Waals surface area contributed by atoms with Gasteiger partial charge in [0.1, 0.15) is 0 Å². The molecule has 0 bridgehead atoms. The van der Waals surface area contributed by atoms with Gasteiger partial charge in [-0.25, -0.2) is 0 Å². The van der Waals surface area contributed by atoms with Crippen LogP contribution in [0.15, 0.2) is 30.3 Å². The van der Waals surface area contributed by atoms with Crippen LogP contribution in [-0.2, 0) is 14.2 Å². The molecule has 0 atom stereocenters. The van der Waals surface area contributed by atoms with Gasteiger partial charge in [-0.05, 0) is 20.8 Å². The van der Waals surface area contributed by atoms with E-state index in [1.165, 1.54) is 5.19 Å². The van der Waals surface area contributed by atoms with Gasteiger partial charge in [-0.15, -0.1) is 0 Å². The zero-order valence-corrected chi connectivity index (χ0v) is 13.1. The van der Waals surface area contributed by atoms with Crippen LogP contribution in [0.2, 0.25) is 6.04 Å². The van der Waals surface area contributed by atoms with Crippen LogP contribution >= 0.6 is 0 Å². The summed E-state index contributed by atoms with van der Waals surface area (Å²) in [7, 11) is -0.451. The molecule has 0 saturated carbocycles. The lowest BCUT2D eigenvalue weighted by atomic mass is 10.4. The number of ether oxygens (including phenoxy) is 3. The Morgan fingerprint density at radius 3 is 1.83 bits per heavy atom. The van der Waals surface area contributed by atoms with Crippen LogP contribution < -0.4 is 5.19 Å². The van der Waals surface area contributed by atoms with Crippen molar-refractivity contribution in [2.75, 3.05) is 19.8 Å². The number of hydrogen-bond donors (Lipinski definition) is 0. The van der Waals surface area contributed by atoms with Crippen LogP contribution in [0.25, 0.3) is 0 Å². The fraction of sp³-hybridized carbons (Fsp3) is 0.571. The van der Waals surface area contributed by atoms with Crippen molar-refractivity contribution in [3.8, 4) is 0 Å². The summed E-state index contributed by atoms with van der Waals surface area (Å²) in [6.07, 6.45) is 0. The minimum Gasteiger partial charge on any atom is -0.328 e. The summed E-state index contributed by atoms with van der Waals surface area (Å²) in [6, 6.07) is 11.4. The van der Waals surface area contributed by atoms with Crippen molar-refractivity contribution >= 4 is 14.7 Å². The molecule has 0 N–H and O–H groups in total. The molecular formula is C14H24O3Si. The van der Waals surface area contributed by atoms with Crippen molar-refractivity contribution < 1.29 is 14.2 Å². The van der Waals surface area contributed by atoms with E-state index >= 15 is 0 Å². The third-order valence-electron chi connectivity index (χ3n) is 2.66. The molecule has 0 radical (unpaired) electrons. The summed E-state index contributed by atoms with van der Waals surface area (Å²) in [4.78, 5) is 0. The molecular weight excluding hydrogens is 244 g/mol. The lowest BCUT2D eigenvalue weighted by molar-refractivity contribution is -0.365. The molecule has 0 amide bonds. The van der Waals surface area contributed by atoms with Crippen LogP contribution in [0.4, 0.5) is 0 Å². The van der Waals surface area contributed by atoms with Crippen molar-refractivity contribution in [1.29, 1.82) is 0 Å². The molecule has 0 heterocycles. The Kier molecular flexibility index (Phi) is 7.20. The summed E-state index contributed by atoms with van der Waals surface area (Å²) in [6.45, 7) is 7.71. The Bertz CT molecular complexity index is 299. The van der Waals surface area contributed by atoms with Gasteiger partial charge in [-0.2, -0.15) is 0 Å². The first-order chi connectivity index (χ1) is 8.76. The zero-order valence-electron chi connectivity index (χ0n) is 11.6. The molecule has 3 nitrogen and oxygen atoms in total. The van der Waals surface area contributed by atoms with Crippen LogP contribution in [-0.4, -0.2) is 35.3 Å². The molecule has 102 valence electrons. The van der Waals surface area contributed by atoms with E-state index in [0.29, 0.717) is 19.8 Å². The summed E-state index contributed by atoms with van der Waals surface area (Å²) in [5, 5.41) is 1.40. The van der Waals surface area contributed by atoms with E-state index in [2.05, 4.69) is 24.3 Å². The Morgan fingerprint density at radius 2 is 1.39 bits per heavy atom. The molecule has 0 unspecified atom stereocenters. The minimum atomic E-state index is -0.833. The van der Waals surface area contributed by atoms with Crippen LogP contribution in [0.3, 0.4) is 0 Å². The number of hydrogen-bond acceptors (Lipinski definition) is 3. The molecule has 1 rings (SSSR count). The van der Waals surface area contributed by atoms with E-state index in [4.69, 9.17) is 14.2 Å². The van der Waals surface area contributed by atoms with Gasteiger partial charge < -0.3 is 14.2 Å². The fourth-order valence-corrected chi connectivity index (χ4v) is 3.58. The Labute approximate surface area is 112 Å². The average Bonchev–Trinajstić information content (AvgIpc) is 2.39.